The summed E-state index contributed by atoms with van der Waals surface area (Å²) in [5.41, 5.74) is 8.21. The molecule has 0 amide bonds. The second-order valence-corrected chi connectivity index (χ2v) is 6.46. The van der Waals surface area contributed by atoms with Crippen molar-refractivity contribution < 1.29 is 9.53 Å². The van der Waals surface area contributed by atoms with E-state index in [-0.39, 0.29) is 24.2 Å². The molecule has 4 aromatic rings. The first-order valence-corrected chi connectivity index (χ1v) is 9.60. The zero-order valence-electron chi connectivity index (χ0n) is 17.0. The molecule has 0 bridgehead atoms. The van der Waals surface area contributed by atoms with Crippen LogP contribution in [0, 0.1) is 6.92 Å². The van der Waals surface area contributed by atoms with Gasteiger partial charge in [0.1, 0.15) is 0 Å². The molecular weight excluding hydrogens is 396 g/mol. The van der Waals surface area contributed by atoms with Crippen LogP contribution in [0.1, 0.15) is 23.1 Å². The van der Waals surface area contributed by atoms with E-state index in [9.17, 15) is 4.79 Å². The molecule has 10 heteroatoms. The second kappa shape index (κ2) is 8.57. The number of ether oxygens (including phenoxy) is 1. The van der Waals surface area contributed by atoms with Crippen molar-refractivity contribution in [2.24, 2.45) is 0 Å². The highest BCUT2D eigenvalue weighted by Gasteiger charge is 2.22. The van der Waals surface area contributed by atoms with Crippen LogP contribution in [-0.4, -0.2) is 42.5 Å². The smallest absolute Gasteiger partial charge is 0.360 e. The minimum Gasteiger partial charge on any atom is -0.461 e. The van der Waals surface area contributed by atoms with Gasteiger partial charge in [-0.2, -0.15) is 19.6 Å². The molecule has 0 spiro atoms. The molecule has 4 rings (SSSR count). The number of rotatable bonds is 6. The number of nitrogens with zero attached hydrogens (tertiary/aromatic N) is 7. The Morgan fingerprint density at radius 2 is 1.61 bits per heavy atom. The lowest BCUT2D eigenvalue weighted by atomic mass is 10.2. The molecule has 2 N–H and O–H groups in total. The lowest BCUT2D eigenvalue weighted by Crippen LogP contribution is -2.18. The molecular formula is C21H20N8O2. The van der Waals surface area contributed by atoms with Crippen molar-refractivity contribution in [3.05, 3.63) is 72.1 Å². The van der Waals surface area contributed by atoms with Crippen LogP contribution in [0.3, 0.4) is 0 Å². The van der Waals surface area contributed by atoms with Gasteiger partial charge in [0.15, 0.2) is 5.69 Å². The minimum absolute atomic E-state index is 0.00412. The van der Waals surface area contributed by atoms with E-state index < -0.39 is 5.97 Å². The fraction of sp³-hybridized carbons (Fsp3) is 0.143. The van der Waals surface area contributed by atoms with Crippen LogP contribution in [-0.2, 0) is 4.74 Å². The average Bonchev–Trinajstić information content (AvgIpc) is 3.17. The number of nitrogens with two attached hydrogens (primary N) is 1. The van der Waals surface area contributed by atoms with Crippen LogP contribution in [0.2, 0.25) is 0 Å². The maximum Gasteiger partial charge on any atom is 0.360 e. The Bertz CT molecular complexity index is 1160. The number of hydrogen-bond donors (Lipinski definition) is 1. The number of benzene rings is 2. The summed E-state index contributed by atoms with van der Waals surface area (Å²) in [7, 11) is 0. The number of anilines is 4. The molecule has 156 valence electrons. The Morgan fingerprint density at radius 3 is 2.19 bits per heavy atom. The number of aromatic nitrogens is 6. The van der Waals surface area contributed by atoms with Gasteiger partial charge in [-0.05, 0) is 38.1 Å². The number of esters is 1. The second-order valence-electron chi connectivity index (χ2n) is 6.46. The molecule has 0 saturated heterocycles. The van der Waals surface area contributed by atoms with Gasteiger partial charge in [0.05, 0.1) is 12.3 Å². The van der Waals surface area contributed by atoms with Crippen LogP contribution in [0.4, 0.5) is 23.3 Å². The van der Waals surface area contributed by atoms with Crippen LogP contribution < -0.4 is 10.6 Å². The SMILES string of the molecule is CCOC(=O)c1nnn(-c2nc(N)nc(N(c3ccccc3)c3ccccc3)n2)c1C. The lowest BCUT2D eigenvalue weighted by molar-refractivity contribution is 0.0518. The van der Waals surface area contributed by atoms with Crippen molar-refractivity contribution in [3.8, 4) is 5.95 Å². The van der Waals surface area contributed by atoms with E-state index in [4.69, 9.17) is 10.5 Å². The van der Waals surface area contributed by atoms with Crippen LogP contribution in [0.5, 0.6) is 0 Å². The molecule has 0 fully saturated rings. The largest absolute Gasteiger partial charge is 0.461 e. The minimum atomic E-state index is -0.566. The molecule has 0 aliphatic carbocycles. The Kier molecular flexibility index (Phi) is 5.52. The Balaban J connectivity index is 1.83. The van der Waals surface area contributed by atoms with E-state index in [0.717, 1.165) is 11.4 Å². The predicted octanol–water partition coefficient (Wildman–Crippen LogP) is 2.99. The monoisotopic (exact) mass is 416 g/mol. The molecule has 0 unspecified atom stereocenters. The van der Waals surface area contributed by atoms with Crippen molar-refractivity contribution >= 4 is 29.2 Å². The molecule has 31 heavy (non-hydrogen) atoms. The van der Waals surface area contributed by atoms with Gasteiger partial charge in [-0.3, -0.25) is 4.90 Å². The van der Waals surface area contributed by atoms with E-state index in [1.165, 1.54) is 4.68 Å². The Morgan fingerprint density at radius 1 is 1.00 bits per heavy atom. The molecule has 2 aromatic carbocycles. The summed E-state index contributed by atoms with van der Waals surface area (Å²) in [6, 6.07) is 19.3. The molecule has 0 aliphatic rings. The standard InChI is InChI=1S/C21H20N8O2/c1-3-31-18(30)17-14(2)29(27-26-17)21-24-19(22)23-20(25-21)28(15-10-6-4-7-11-15)16-12-8-5-9-13-16/h4-13H,3H2,1-2H3,(H2,22,23,24,25). The van der Waals surface area contributed by atoms with E-state index in [1.54, 1.807) is 13.8 Å². The molecule has 10 nitrogen and oxygen atoms in total. The topological polar surface area (TPSA) is 125 Å². The van der Waals surface area contributed by atoms with Gasteiger partial charge in [-0.25, -0.2) is 4.79 Å². The van der Waals surface area contributed by atoms with E-state index in [0.29, 0.717) is 11.6 Å². The van der Waals surface area contributed by atoms with Gasteiger partial charge in [-0.15, -0.1) is 5.10 Å². The van der Waals surface area contributed by atoms with Crippen LogP contribution in [0.25, 0.3) is 5.95 Å². The Hall–Kier alpha value is -4.34. The van der Waals surface area contributed by atoms with Gasteiger partial charge < -0.3 is 10.5 Å². The van der Waals surface area contributed by atoms with Crippen molar-refractivity contribution in [3.63, 3.8) is 0 Å². The first-order valence-electron chi connectivity index (χ1n) is 9.60. The van der Waals surface area contributed by atoms with Crippen molar-refractivity contribution in [1.82, 2.24) is 29.9 Å². The molecule has 0 saturated carbocycles. The zero-order chi connectivity index (χ0) is 21.8. The summed E-state index contributed by atoms with van der Waals surface area (Å²) >= 11 is 0. The highest BCUT2D eigenvalue weighted by molar-refractivity contribution is 5.88. The fourth-order valence-electron chi connectivity index (χ4n) is 3.01. The van der Waals surface area contributed by atoms with Gasteiger partial charge in [-0.1, -0.05) is 41.6 Å². The summed E-state index contributed by atoms with van der Waals surface area (Å²) in [5.74, 6) is -0.124. The number of carbonyl (C=O) groups is 1. The van der Waals surface area contributed by atoms with Gasteiger partial charge in [0.2, 0.25) is 11.9 Å². The summed E-state index contributed by atoms with van der Waals surface area (Å²) in [6.07, 6.45) is 0. The molecule has 0 aliphatic heterocycles. The Labute approximate surface area is 178 Å². The maximum atomic E-state index is 12.1. The summed E-state index contributed by atoms with van der Waals surface area (Å²) < 4.78 is 6.35. The van der Waals surface area contributed by atoms with E-state index in [1.807, 2.05) is 65.6 Å². The molecule has 2 heterocycles. The third kappa shape index (κ3) is 4.04. The van der Waals surface area contributed by atoms with Gasteiger partial charge in [0.25, 0.3) is 5.95 Å². The van der Waals surface area contributed by atoms with Crippen molar-refractivity contribution in [2.75, 3.05) is 17.2 Å². The normalized spacial score (nSPS) is 10.6. The fourth-order valence-corrected chi connectivity index (χ4v) is 3.01. The number of carbonyl (C=O) groups excluding carboxylic acids is 1. The summed E-state index contributed by atoms with van der Waals surface area (Å²) in [6.45, 7) is 3.63. The third-order valence-electron chi connectivity index (χ3n) is 4.41. The quantitative estimate of drug-likeness (QED) is 0.472. The average molecular weight is 416 g/mol. The molecule has 0 atom stereocenters. The van der Waals surface area contributed by atoms with Crippen LogP contribution in [0.15, 0.2) is 60.7 Å². The van der Waals surface area contributed by atoms with E-state index >= 15 is 0 Å². The summed E-state index contributed by atoms with van der Waals surface area (Å²) in [5, 5.41) is 7.93. The van der Waals surface area contributed by atoms with Crippen LogP contribution >= 0.6 is 0 Å². The predicted molar refractivity (Wildman–Crippen MR) is 115 cm³/mol. The number of nitrogen functional groups attached to an aromatic ring is 1. The molecule has 2 aromatic heterocycles. The van der Waals surface area contributed by atoms with Gasteiger partial charge in [0, 0.05) is 11.4 Å². The van der Waals surface area contributed by atoms with E-state index in [2.05, 4.69) is 25.3 Å². The first-order chi connectivity index (χ1) is 15.1. The van der Waals surface area contributed by atoms with Gasteiger partial charge >= 0.3 is 5.97 Å². The number of para-hydroxylation sites is 2. The zero-order valence-corrected chi connectivity index (χ0v) is 17.0. The highest BCUT2D eigenvalue weighted by Crippen LogP contribution is 2.32. The highest BCUT2D eigenvalue weighted by atomic mass is 16.5. The summed E-state index contributed by atoms with van der Waals surface area (Å²) in [4.78, 5) is 27.0. The molecule has 0 radical (unpaired) electrons. The third-order valence-corrected chi connectivity index (χ3v) is 4.41. The van der Waals surface area contributed by atoms with Crippen molar-refractivity contribution in [1.29, 1.82) is 0 Å². The number of hydrogen-bond acceptors (Lipinski definition) is 9. The van der Waals surface area contributed by atoms with Crippen molar-refractivity contribution in [2.45, 2.75) is 13.8 Å². The maximum absolute atomic E-state index is 12.1. The lowest BCUT2D eigenvalue weighted by Gasteiger charge is -2.23. The first kappa shape index (κ1) is 20.0.